The number of halogens is 1. The van der Waals surface area contributed by atoms with E-state index in [1.165, 1.54) is 0 Å². The molecule has 0 aliphatic carbocycles. The molecule has 7 nitrogen and oxygen atoms in total. The minimum atomic E-state index is -3.10. The average molecular weight is 538 g/mol. The Bertz CT molecular complexity index is 695. The fraction of sp³-hybridized carbons (Fsp3) is 0.650. The molecule has 0 bridgehead atoms. The Morgan fingerprint density at radius 3 is 2.55 bits per heavy atom. The number of benzene rings is 1. The van der Waals surface area contributed by atoms with E-state index in [9.17, 15) is 8.42 Å². The summed E-state index contributed by atoms with van der Waals surface area (Å²) in [5.41, 5.74) is 0.836. The van der Waals surface area contributed by atoms with Crippen LogP contribution in [0.15, 0.2) is 35.3 Å². The molecule has 29 heavy (non-hydrogen) atoms. The predicted octanol–water partition coefficient (Wildman–Crippen LogP) is 1.89. The molecule has 1 fully saturated rings. The van der Waals surface area contributed by atoms with Gasteiger partial charge in [-0.3, -0.25) is 9.89 Å². The summed E-state index contributed by atoms with van der Waals surface area (Å²) in [7, 11) is -3.10. The van der Waals surface area contributed by atoms with Crippen molar-refractivity contribution in [2.45, 2.75) is 32.1 Å². The largest absolute Gasteiger partial charge is 0.379 e. The molecule has 1 aliphatic rings. The maximum atomic E-state index is 12.3. The lowest BCUT2D eigenvalue weighted by molar-refractivity contribution is 0.0220. The van der Waals surface area contributed by atoms with Crippen LogP contribution in [0.2, 0.25) is 0 Å². The standard InChI is InChI=1S/C20H34N4O3S.HI/c1-3-21-20(23-16-18(2)24-11-13-27-14-12-24)22-10-7-15-28(25,26)17-19-8-5-4-6-9-19;/h4-6,8-9,18H,3,7,10-17H2,1-2H3,(H2,21,22,23);1H. The van der Waals surface area contributed by atoms with Gasteiger partial charge >= 0.3 is 0 Å². The molecule has 0 aromatic heterocycles. The Kier molecular flexibility index (Phi) is 12.8. The summed E-state index contributed by atoms with van der Waals surface area (Å²) in [6.07, 6.45) is 0.554. The smallest absolute Gasteiger partial charge is 0.191 e. The number of nitrogens with one attached hydrogen (secondary N) is 2. The van der Waals surface area contributed by atoms with Gasteiger partial charge < -0.3 is 15.4 Å². The van der Waals surface area contributed by atoms with E-state index >= 15 is 0 Å². The van der Waals surface area contributed by atoms with Gasteiger partial charge in [-0.05, 0) is 25.8 Å². The number of morpholine rings is 1. The maximum absolute atomic E-state index is 12.3. The zero-order valence-corrected chi connectivity index (χ0v) is 20.6. The van der Waals surface area contributed by atoms with Crippen LogP contribution in [0.3, 0.4) is 0 Å². The van der Waals surface area contributed by atoms with Crippen LogP contribution in [0.25, 0.3) is 0 Å². The Balaban J connectivity index is 0.00000420. The van der Waals surface area contributed by atoms with Gasteiger partial charge in [0.1, 0.15) is 0 Å². The lowest BCUT2D eigenvalue weighted by Crippen LogP contribution is -2.44. The van der Waals surface area contributed by atoms with Crippen molar-refractivity contribution >= 4 is 39.8 Å². The summed E-state index contributed by atoms with van der Waals surface area (Å²) < 4.78 is 29.9. The molecule has 1 aromatic rings. The summed E-state index contributed by atoms with van der Waals surface area (Å²) in [4.78, 5) is 7.03. The monoisotopic (exact) mass is 538 g/mol. The number of ether oxygens (including phenoxy) is 1. The summed E-state index contributed by atoms with van der Waals surface area (Å²) in [5, 5.41) is 6.47. The van der Waals surface area contributed by atoms with Crippen LogP contribution in [0.4, 0.5) is 0 Å². The van der Waals surface area contributed by atoms with Gasteiger partial charge in [0.15, 0.2) is 15.8 Å². The van der Waals surface area contributed by atoms with E-state index in [1.807, 2.05) is 37.3 Å². The summed E-state index contributed by atoms with van der Waals surface area (Å²) >= 11 is 0. The molecule has 1 saturated heterocycles. The van der Waals surface area contributed by atoms with Gasteiger partial charge in [0.25, 0.3) is 0 Å². The van der Waals surface area contributed by atoms with Crippen LogP contribution in [-0.2, 0) is 20.3 Å². The van der Waals surface area contributed by atoms with Crippen LogP contribution in [-0.4, -0.2) is 77.0 Å². The van der Waals surface area contributed by atoms with Crippen LogP contribution < -0.4 is 10.6 Å². The molecule has 1 atom stereocenters. The molecule has 1 unspecified atom stereocenters. The lowest BCUT2D eigenvalue weighted by atomic mass is 10.2. The summed E-state index contributed by atoms with van der Waals surface area (Å²) in [6.45, 7) is 9.69. The average Bonchev–Trinajstić information content (AvgIpc) is 2.70. The first kappa shape index (κ1) is 26.1. The highest BCUT2D eigenvalue weighted by atomic mass is 127. The molecule has 1 aromatic carbocycles. The maximum Gasteiger partial charge on any atom is 0.191 e. The second-order valence-corrected chi connectivity index (χ2v) is 9.26. The zero-order valence-electron chi connectivity index (χ0n) is 17.5. The van der Waals surface area contributed by atoms with E-state index in [0.717, 1.165) is 44.4 Å². The fourth-order valence-electron chi connectivity index (χ4n) is 3.10. The molecule has 0 radical (unpaired) electrons. The Hall–Kier alpha value is -0.910. The molecule has 0 saturated carbocycles. The molecular weight excluding hydrogens is 503 g/mol. The van der Waals surface area contributed by atoms with E-state index in [1.54, 1.807) is 0 Å². The molecule has 2 N–H and O–H groups in total. The number of sulfone groups is 1. The van der Waals surface area contributed by atoms with Crippen LogP contribution in [0.5, 0.6) is 0 Å². The number of nitrogens with zero attached hydrogens (tertiary/aromatic N) is 2. The van der Waals surface area contributed by atoms with Gasteiger partial charge in [-0.25, -0.2) is 8.42 Å². The van der Waals surface area contributed by atoms with Crippen molar-refractivity contribution in [2.75, 3.05) is 51.7 Å². The summed E-state index contributed by atoms with van der Waals surface area (Å²) in [5.74, 6) is 1.00. The van der Waals surface area contributed by atoms with Crippen LogP contribution >= 0.6 is 24.0 Å². The van der Waals surface area contributed by atoms with E-state index in [4.69, 9.17) is 4.74 Å². The number of aliphatic imine (C=N–C) groups is 1. The van der Waals surface area contributed by atoms with Crippen molar-refractivity contribution < 1.29 is 13.2 Å². The molecule has 2 rings (SSSR count). The first-order valence-electron chi connectivity index (χ1n) is 10.1. The van der Waals surface area contributed by atoms with E-state index in [-0.39, 0.29) is 35.5 Å². The van der Waals surface area contributed by atoms with Crippen molar-refractivity contribution in [3.05, 3.63) is 35.9 Å². The third kappa shape index (κ3) is 10.6. The fourth-order valence-corrected chi connectivity index (χ4v) is 4.53. The van der Waals surface area contributed by atoms with Gasteiger partial charge in [0.2, 0.25) is 0 Å². The highest BCUT2D eigenvalue weighted by Gasteiger charge is 2.16. The van der Waals surface area contributed by atoms with Crippen molar-refractivity contribution in [3.63, 3.8) is 0 Å². The van der Waals surface area contributed by atoms with E-state index in [0.29, 0.717) is 25.6 Å². The molecular formula is C20H35IN4O3S. The summed E-state index contributed by atoms with van der Waals surface area (Å²) in [6, 6.07) is 9.67. The first-order chi connectivity index (χ1) is 13.5. The normalized spacial score (nSPS) is 16.7. The molecule has 1 aliphatic heterocycles. The number of hydrogen-bond donors (Lipinski definition) is 2. The zero-order chi connectivity index (χ0) is 20.2. The number of guanidine groups is 1. The Labute approximate surface area is 192 Å². The second kappa shape index (κ2) is 14.2. The van der Waals surface area contributed by atoms with Gasteiger partial charge in [-0.15, -0.1) is 24.0 Å². The van der Waals surface area contributed by atoms with Crippen molar-refractivity contribution in [1.29, 1.82) is 0 Å². The highest BCUT2D eigenvalue weighted by molar-refractivity contribution is 14.0. The van der Waals surface area contributed by atoms with Gasteiger partial charge in [-0.1, -0.05) is 30.3 Å². The second-order valence-electron chi connectivity index (χ2n) is 7.07. The Morgan fingerprint density at radius 1 is 1.21 bits per heavy atom. The van der Waals surface area contributed by atoms with Gasteiger partial charge in [-0.2, -0.15) is 0 Å². The molecule has 0 amide bonds. The van der Waals surface area contributed by atoms with Gasteiger partial charge in [0.05, 0.1) is 31.3 Å². The highest BCUT2D eigenvalue weighted by Crippen LogP contribution is 2.07. The predicted molar refractivity (Wildman–Crippen MR) is 130 cm³/mol. The van der Waals surface area contributed by atoms with Crippen molar-refractivity contribution in [2.24, 2.45) is 4.99 Å². The lowest BCUT2D eigenvalue weighted by Gasteiger charge is -2.31. The topological polar surface area (TPSA) is 83.0 Å². The van der Waals surface area contributed by atoms with Gasteiger partial charge in [0, 0.05) is 32.2 Å². The quantitative estimate of drug-likeness (QED) is 0.205. The number of rotatable bonds is 10. The van der Waals surface area contributed by atoms with Crippen LogP contribution in [0, 0.1) is 0 Å². The van der Waals surface area contributed by atoms with E-state index < -0.39 is 9.84 Å². The first-order valence-corrected chi connectivity index (χ1v) is 11.9. The molecule has 0 spiro atoms. The molecule has 9 heteroatoms. The Morgan fingerprint density at radius 2 is 1.90 bits per heavy atom. The minimum Gasteiger partial charge on any atom is -0.379 e. The van der Waals surface area contributed by atoms with E-state index in [2.05, 4.69) is 27.4 Å². The molecule has 166 valence electrons. The third-order valence-electron chi connectivity index (χ3n) is 4.68. The third-order valence-corrected chi connectivity index (χ3v) is 6.36. The minimum absolute atomic E-state index is 0. The SMILES string of the molecule is CCNC(=NCC(C)N1CCOCC1)NCCCS(=O)(=O)Cc1ccccc1.I. The van der Waals surface area contributed by atoms with Crippen LogP contribution in [0.1, 0.15) is 25.8 Å². The number of hydrogen-bond acceptors (Lipinski definition) is 5. The van der Waals surface area contributed by atoms with Crippen molar-refractivity contribution in [1.82, 2.24) is 15.5 Å². The molecule has 1 heterocycles. The van der Waals surface area contributed by atoms with Crippen molar-refractivity contribution in [3.8, 4) is 0 Å².